The van der Waals surface area contributed by atoms with Crippen LogP contribution in [0.1, 0.15) is 17.9 Å². The van der Waals surface area contributed by atoms with Crippen LogP contribution in [-0.2, 0) is 0 Å². The molecule has 1 aromatic rings. The van der Waals surface area contributed by atoms with Gasteiger partial charge in [0.15, 0.2) is 0 Å². The van der Waals surface area contributed by atoms with E-state index in [2.05, 4.69) is 15.9 Å². The maximum Gasteiger partial charge on any atom is 0.124 e. The van der Waals surface area contributed by atoms with Crippen LogP contribution in [0.5, 0.6) is 0 Å². The fourth-order valence-corrected chi connectivity index (χ4v) is 2.02. The number of halogens is 2. The average molecular weight is 230 g/mol. The van der Waals surface area contributed by atoms with E-state index in [0.717, 1.165) is 16.5 Å². The van der Waals surface area contributed by atoms with Crippen LogP contribution in [0, 0.1) is 5.82 Å². The van der Waals surface area contributed by atoms with E-state index in [-0.39, 0.29) is 11.9 Å². The lowest BCUT2D eigenvalue weighted by atomic mass is 10.1. The molecule has 0 bridgehead atoms. The van der Waals surface area contributed by atoms with E-state index in [1.54, 1.807) is 6.07 Å². The lowest BCUT2D eigenvalue weighted by molar-refractivity contribution is 0.626. The Morgan fingerprint density at radius 2 is 2.17 bits per heavy atom. The topological polar surface area (TPSA) is 26.0 Å². The van der Waals surface area contributed by atoms with Crippen LogP contribution in [0.25, 0.3) is 0 Å². The Kier molecular flexibility index (Phi) is 1.93. The molecule has 0 aromatic heterocycles. The van der Waals surface area contributed by atoms with Gasteiger partial charge in [0, 0.05) is 16.4 Å². The zero-order chi connectivity index (χ0) is 8.72. The van der Waals surface area contributed by atoms with Gasteiger partial charge in [0.05, 0.1) is 0 Å². The summed E-state index contributed by atoms with van der Waals surface area (Å²) in [6.45, 7) is 0. The summed E-state index contributed by atoms with van der Waals surface area (Å²) in [5.41, 5.74) is 6.82. The Labute approximate surface area is 78.9 Å². The van der Waals surface area contributed by atoms with E-state index < -0.39 is 0 Å². The van der Waals surface area contributed by atoms with Crippen molar-refractivity contribution in [2.24, 2.45) is 5.73 Å². The molecule has 0 amide bonds. The lowest BCUT2D eigenvalue weighted by Gasteiger charge is -2.01. The van der Waals surface area contributed by atoms with Gasteiger partial charge in [-0.3, -0.25) is 0 Å². The first-order valence-corrected chi connectivity index (χ1v) is 4.68. The highest BCUT2D eigenvalue weighted by Crippen LogP contribution is 2.42. The van der Waals surface area contributed by atoms with Crippen molar-refractivity contribution in [3.8, 4) is 0 Å². The second kappa shape index (κ2) is 2.82. The molecule has 1 nitrogen and oxygen atoms in total. The van der Waals surface area contributed by atoms with E-state index in [1.807, 2.05) is 0 Å². The summed E-state index contributed by atoms with van der Waals surface area (Å²) < 4.78 is 13.5. The van der Waals surface area contributed by atoms with E-state index >= 15 is 0 Å². The first-order chi connectivity index (χ1) is 5.68. The zero-order valence-electron chi connectivity index (χ0n) is 6.43. The van der Waals surface area contributed by atoms with Crippen molar-refractivity contribution in [1.82, 2.24) is 0 Å². The van der Waals surface area contributed by atoms with Crippen LogP contribution >= 0.6 is 15.9 Å². The molecule has 0 aliphatic heterocycles. The first-order valence-electron chi connectivity index (χ1n) is 3.89. The SMILES string of the molecule is NC1CC1c1ccc(F)cc1Br. The summed E-state index contributed by atoms with van der Waals surface area (Å²) in [5.74, 6) is 0.222. The lowest BCUT2D eigenvalue weighted by Crippen LogP contribution is -2.01. The molecule has 2 atom stereocenters. The van der Waals surface area contributed by atoms with E-state index in [1.165, 1.54) is 12.1 Å². The van der Waals surface area contributed by atoms with Gasteiger partial charge in [0.2, 0.25) is 0 Å². The minimum Gasteiger partial charge on any atom is -0.327 e. The van der Waals surface area contributed by atoms with Crippen molar-refractivity contribution in [3.05, 3.63) is 34.1 Å². The first kappa shape index (κ1) is 8.20. The molecule has 2 N–H and O–H groups in total. The Morgan fingerprint density at radius 3 is 2.67 bits per heavy atom. The van der Waals surface area contributed by atoms with E-state index in [4.69, 9.17) is 5.73 Å². The van der Waals surface area contributed by atoms with Gasteiger partial charge in [-0.25, -0.2) is 4.39 Å². The zero-order valence-corrected chi connectivity index (χ0v) is 8.01. The van der Waals surface area contributed by atoms with Crippen molar-refractivity contribution in [2.45, 2.75) is 18.4 Å². The maximum absolute atomic E-state index is 12.7. The number of nitrogens with two attached hydrogens (primary N) is 1. The molecular formula is C9H9BrFN. The smallest absolute Gasteiger partial charge is 0.124 e. The van der Waals surface area contributed by atoms with Crippen LogP contribution in [0.15, 0.2) is 22.7 Å². The molecule has 12 heavy (non-hydrogen) atoms. The number of benzene rings is 1. The number of hydrogen-bond acceptors (Lipinski definition) is 1. The third-order valence-electron chi connectivity index (χ3n) is 2.20. The van der Waals surface area contributed by atoms with Crippen molar-refractivity contribution in [2.75, 3.05) is 0 Å². The molecule has 0 spiro atoms. The van der Waals surface area contributed by atoms with Gasteiger partial charge in [-0.05, 0) is 24.1 Å². The summed E-state index contributed by atoms with van der Waals surface area (Å²) in [6.07, 6.45) is 1.02. The monoisotopic (exact) mass is 229 g/mol. The molecule has 64 valence electrons. The number of rotatable bonds is 1. The van der Waals surface area contributed by atoms with Crippen LogP contribution in [0.2, 0.25) is 0 Å². The Balaban J connectivity index is 2.33. The molecule has 0 radical (unpaired) electrons. The quantitative estimate of drug-likeness (QED) is 0.787. The average Bonchev–Trinajstić information content (AvgIpc) is 2.66. The van der Waals surface area contributed by atoms with E-state index in [9.17, 15) is 4.39 Å². The molecule has 0 heterocycles. The fraction of sp³-hybridized carbons (Fsp3) is 0.333. The summed E-state index contributed by atoms with van der Waals surface area (Å²) >= 11 is 3.32. The highest BCUT2D eigenvalue weighted by Gasteiger charge is 2.35. The summed E-state index contributed by atoms with van der Waals surface area (Å²) in [7, 11) is 0. The minimum absolute atomic E-state index is 0.208. The minimum atomic E-state index is -0.208. The predicted octanol–water partition coefficient (Wildman–Crippen LogP) is 2.40. The Hall–Kier alpha value is -0.410. The molecule has 1 aromatic carbocycles. The summed E-state index contributed by atoms with van der Waals surface area (Å²) in [5, 5.41) is 0. The van der Waals surface area contributed by atoms with Gasteiger partial charge in [0.25, 0.3) is 0 Å². The van der Waals surface area contributed by atoms with Crippen LogP contribution in [0.4, 0.5) is 4.39 Å². The molecule has 2 unspecified atom stereocenters. The van der Waals surface area contributed by atoms with Gasteiger partial charge in [-0.1, -0.05) is 22.0 Å². The maximum atomic E-state index is 12.7. The van der Waals surface area contributed by atoms with Gasteiger partial charge in [-0.15, -0.1) is 0 Å². The van der Waals surface area contributed by atoms with Crippen molar-refractivity contribution in [1.29, 1.82) is 0 Å². The molecule has 1 fully saturated rings. The van der Waals surface area contributed by atoms with E-state index in [0.29, 0.717) is 5.92 Å². The second-order valence-corrected chi connectivity index (χ2v) is 4.03. The second-order valence-electron chi connectivity index (χ2n) is 3.17. The van der Waals surface area contributed by atoms with Crippen molar-refractivity contribution < 1.29 is 4.39 Å². The van der Waals surface area contributed by atoms with Gasteiger partial charge in [0.1, 0.15) is 5.82 Å². The van der Waals surface area contributed by atoms with Crippen molar-refractivity contribution >= 4 is 15.9 Å². The van der Waals surface area contributed by atoms with Crippen LogP contribution < -0.4 is 5.73 Å². The van der Waals surface area contributed by atoms with Crippen LogP contribution in [0.3, 0.4) is 0 Å². The molecule has 3 heteroatoms. The van der Waals surface area contributed by atoms with Crippen LogP contribution in [-0.4, -0.2) is 6.04 Å². The van der Waals surface area contributed by atoms with Crippen molar-refractivity contribution in [3.63, 3.8) is 0 Å². The molecule has 1 aliphatic rings. The Morgan fingerprint density at radius 1 is 1.50 bits per heavy atom. The third-order valence-corrected chi connectivity index (χ3v) is 2.89. The Bertz CT molecular complexity index is 313. The molecule has 1 aliphatic carbocycles. The third kappa shape index (κ3) is 1.39. The molecule has 1 saturated carbocycles. The van der Waals surface area contributed by atoms with Gasteiger partial charge >= 0.3 is 0 Å². The fourth-order valence-electron chi connectivity index (χ4n) is 1.37. The largest absolute Gasteiger partial charge is 0.327 e. The predicted molar refractivity (Wildman–Crippen MR) is 49.4 cm³/mol. The van der Waals surface area contributed by atoms with Gasteiger partial charge in [-0.2, -0.15) is 0 Å². The molecule has 0 saturated heterocycles. The highest BCUT2D eigenvalue weighted by molar-refractivity contribution is 9.10. The molecular weight excluding hydrogens is 221 g/mol. The standard InChI is InChI=1S/C9H9BrFN/c10-8-3-5(11)1-2-6(8)7-4-9(7)12/h1-3,7,9H,4,12H2. The summed E-state index contributed by atoms with van der Waals surface area (Å²) in [4.78, 5) is 0. The van der Waals surface area contributed by atoms with Gasteiger partial charge < -0.3 is 5.73 Å². The molecule has 2 rings (SSSR count). The normalized spacial score (nSPS) is 27.2. The number of hydrogen-bond donors (Lipinski definition) is 1. The summed E-state index contributed by atoms with van der Waals surface area (Å²) in [6, 6.07) is 5.04. The highest BCUT2D eigenvalue weighted by atomic mass is 79.9.